The van der Waals surface area contributed by atoms with E-state index in [9.17, 15) is 19.2 Å². The van der Waals surface area contributed by atoms with E-state index in [-0.39, 0.29) is 32.0 Å². The summed E-state index contributed by atoms with van der Waals surface area (Å²) in [5.41, 5.74) is 4.42. The van der Waals surface area contributed by atoms with Crippen LogP contribution < -0.4 is 16.0 Å². The smallest absolute Gasteiger partial charge is 0.407 e. The lowest BCUT2D eigenvalue weighted by Gasteiger charge is -2.26. The number of ether oxygens (including phenoxy) is 3. The van der Waals surface area contributed by atoms with E-state index < -0.39 is 41.7 Å². The number of carbonyl (C=O) groups is 4. The molecule has 0 saturated carbocycles. The van der Waals surface area contributed by atoms with Crippen LogP contribution in [0.4, 0.5) is 9.59 Å². The molecule has 0 aromatic heterocycles. The highest BCUT2D eigenvalue weighted by Crippen LogP contribution is 2.44. The largest absolute Gasteiger partial charge is 0.458 e. The average molecular weight is 784 g/mol. The van der Waals surface area contributed by atoms with Crippen LogP contribution in [0.5, 0.6) is 0 Å². The summed E-state index contributed by atoms with van der Waals surface area (Å²) in [4.78, 5) is 54.0. The van der Waals surface area contributed by atoms with Gasteiger partial charge in [0, 0.05) is 29.5 Å². The highest BCUT2D eigenvalue weighted by atomic mass is 33.1. The van der Waals surface area contributed by atoms with E-state index >= 15 is 0 Å². The molecule has 0 spiro atoms. The fourth-order valence-electron chi connectivity index (χ4n) is 6.21. The third-order valence-corrected chi connectivity index (χ3v) is 11.1. The Morgan fingerprint density at radius 3 is 1.98 bits per heavy atom. The minimum Gasteiger partial charge on any atom is -0.458 e. The molecule has 5 rings (SSSR count). The first-order valence-corrected chi connectivity index (χ1v) is 20.8. The molecule has 3 amide bonds. The molecule has 4 aromatic carbocycles. The zero-order chi connectivity index (χ0) is 39.0. The Morgan fingerprint density at radius 1 is 0.709 bits per heavy atom. The monoisotopic (exact) mass is 783 g/mol. The summed E-state index contributed by atoms with van der Waals surface area (Å²) in [6, 6.07) is 33.4. The molecule has 0 bridgehead atoms. The summed E-state index contributed by atoms with van der Waals surface area (Å²) < 4.78 is 16.7. The third-order valence-electron chi connectivity index (χ3n) is 8.73. The van der Waals surface area contributed by atoms with Crippen LogP contribution in [0.2, 0.25) is 0 Å². The van der Waals surface area contributed by atoms with E-state index in [1.807, 2.05) is 97.1 Å². The molecule has 10 nitrogen and oxygen atoms in total. The Bertz CT molecular complexity index is 1830. The van der Waals surface area contributed by atoms with E-state index in [0.29, 0.717) is 25.1 Å². The van der Waals surface area contributed by atoms with Crippen molar-refractivity contribution >= 4 is 45.7 Å². The first-order valence-electron chi connectivity index (χ1n) is 18.5. The molecule has 290 valence electrons. The van der Waals surface area contributed by atoms with Crippen molar-refractivity contribution in [3.8, 4) is 11.1 Å². The van der Waals surface area contributed by atoms with E-state index in [1.54, 1.807) is 42.4 Å². The minimum atomic E-state index is -1.03. The topological polar surface area (TPSA) is 132 Å². The van der Waals surface area contributed by atoms with Gasteiger partial charge in [-0.25, -0.2) is 14.4 Å². The number of carbonyl (C=O) groups excluding carboxylic acids is 4. The van der Waals surface area contributed by atoms with Crippen molar-refractivity contribution in [1.82, 2.24) is 16.0 Å². The number of rotatable bonds is 18. The molecule has 0 heterocycles. The molecule has 0 radical (unpaired) electrons. The lowest BCUT2D eigenvalue weighted by Crippen LogP contribution is -2.53. The summed E-state index contributed by atoms with van der Waals surface area (Å²) in [6.07, 6.45) is 0.160. The number of esters is 1. The first kappa shape index (κ1) is 41.2. The van der Waals surface area contributed by atoms with Crippen molar-refractivity contribution in [2.24, 2.45) is 0 Å². The molecule has 2 atom stereocenters. The van der Waals surface area contributed by atoms with Crippen LogP contribution >= 0.6 is 21.6 Å². The minimum absolute atomic E-state index is 0.0816. The van der Waals surface area contributed by atoms with Crippen molar-refractivity contribution in [2.75, 3.05) is 25.5 Å². The van der Waals surface area contributed by atoms with Gasteiger partial charge in [-0.3, -0.25) is 4.79 Å². The van der Waals surface area contributed by atoms with Gasteiger partial charge in [0.2, 0.25) is 5.91 Å². The number of nitrogens with one attached hydrogen (secondary N) is 3. The summed E-state index contributed by atoms with van der Waals surface area (Å²) in [5.74, 6) is -0.636. The molecule has 55 heavy (non-hydrogen) atoms. The molecule has 1 aliphatic rings. The van der Waals surface area contributed by atoms with E-state index in [4.69, 9.17) is 14.2 Å². The number of fused-ring (bicyclic) bond motifs is 3. The van der Waals surface area contributed by atoms with Crippen LogP contribution in [-0.2, 0) is 30.2 Å². The zero-order valence-corrected chi connectivity index (χ0v) is 33.1. The molecular weight excluding hydrogens is 735 g/mol. The maximum Gasteiger partial charge on any atom is 0.407 e. The third kappa shape index (κ3) is 13.1. The van der Waals surface area contributed by atoms with Crippen LogP contribution in [0, 0.1) is 0 Å². The summed E-state index contributed by atoms with van der Waals surface area (Å²) in [7, 11) is 3.23. The predicted molar refractivity (Wildman–Crippen MR) is 218 cm³/mol. The second-order valence-corrected chi connectivity index (χ2v) is 16.6. The molecule has 0 aliphatic heterocycles. The highest BCUT2D eigenvalue weighted by molar-refractivity contribution is 8.76. The molecule has 1 aliphatic carbocycles. The van der Waals surface area contributed by atoms with Crippen LogP contribution in [0.3, 0.4) is 0 Å². The second-order valence-electron chi connectivity index (χ2n) is 14.1. The van der Waals surface area contributed by atoms with Gasteiger partial charge in [-0.05, 0) is 80.0 Å². The van der Waals surface area contributed by atoms with Crippen molar-refractivity contribution in [2.45, 2.75) is 75.0 Å². The van der Waals surface area contributed by atoms with E-state index in [2.05, 4.69) is 28.1 Å². The van der Waals surface area contributed by atoms with Gasteiger partial charge in [0.1, 0.15) is 30.9 Å². The lowest BCUT2D eigenvalue weighted by molar-refractivity contribution is -0.158. The Balaban J connectivity index is 1.17. The number of hydrogen-bond donors (Lipinski definition) is 3. The van der Waals surface area contributed by atoms with Crippen LogP contribution in [0.15, 0.2) is 114 Å². The Labute approximate surface area is 331 Å². The number of hydrogen-bond acceptors (Lipinski definition) is 9. The Morgan fingerprint density at radius 2 is 1.33 bits per heavy atom. The Hall–Kier alpha value is -4.94. The maximum atomic E-state index is 13.9. The van der Waals surface area contributed by atoms with Crippen molar-refractivity contribution in [3.05, 3.63) is 126 Å². The second kappa shape index (κ2) is 20.7. The molecule has 12 heteroatoms. The van der Waals surface area contributed by atoms with Gasteiger partial charge in [-0.1, -0.05) is 119 Å². The van der Waals surface area contributed by atoms with Gasteiger partial charge in [-0.15, -0.1) is 0 Å². The number of unbranched alkanes of at least 4 members (excludes halogenated alkanes) is 1. The van der Waals surface area contributed by atoms with Crippen molar-refractivity contribution < 1.29 is 33.4 Å². The van der Waals surface area contributed by atoms with Gasteiger partial charge < -0.3 is 30.2 Å². The summed E-state index contributed by atoms with van der Waals surface area (Å²) >= 11 is 0. The van der Waals surface area contributed by atoms with Gasteiger partial charge in [0.25, 0.3) is 0 Å². The fourth-order valence-corrected chi connectivity index (χ4v) is 8.04. The lowest BCUT2D eigenvalue weighted by atomic mass is 9.98. The van der Waals surface area contributed by atoms with E-state index in [0.717, 1.165) is 32.7 Å². The van der Waals surface area contributed by atoms with Crippen LogP contribution in [-0.4, -0.2) is 67.3 Å². The van der Waals surface area contributed by atoms with Gasteiger partial charge >= 0.3 is 18.2 Å². The van der Waals surface area contributed by atoms with Gasteiger partial charge in [0.05, 0.1) is 0 Å². The average Bonchev–Trinajstić information content (AvgIpc) is 3.49. The summed E-state index contributed by atoms with van der Waals surface area (Å²) in [6.45, 7) is 5.96. The molecular formula is C43H49N3O7S2. The molecule has 0 fully saturated rings. The molecule has 4 aromatic rings. The standard InChI is InChI=1S/C43H49N3O7S2/c1-43(2,3)53-40(48)38(28-30-16-6-4-7-17-30)45-39(47)37(24-14-15-25-44-41(49)51-26-27-54-55-31-18-8-5-9-19-31)46-42(50)52-29-36-34-22-12-10-20-32(34)33-21-11-13-23-35(33)36/h4-13,16-23,36-38H,14-15,24-29H2,1-3H3,(H,44,49)(H,45,47)(H,46,50)/t37-,38-/m0/s1. The van der Waals surface area contributed by atoms with Crippen LogP contribution in [0.25, 0.3) is 11.1 Å². The zero-order valence-electron chi connectivity index (χ0n) is 31.5. The Kier molecular flexibility index (Phi) is 15.5. The first-order chi connectivity index (χ1) is 26.6. The van der Waals surface area contributed by atoms with Crippen molar-refractivity contribution in [3.63, 3.8) is 0 Å². The predicted octanol–water partition coefficient (Wildman–Crippen LogP) is 8.30. The number of alkyl carbamates (subject to hydrolysis) is 2. The SMILES string of the molecule is CC(C)(C)OC(=O)[C@H](Cc1ccccc1)NC(=O)[C@H](CCCCNC(=O)OCCSSc1ccccc1)NC(=O)OCC1c2ccccc2-c2ccccc21. The van der Waals surface area contributed by atoms with Crippen molar-refractivity contribution in [1.29, 1.82) is 0 Å². The van der Waals surface area contributed by atoms with Crippen LogP contribution in [0.1, 0.15) is 62.6 Å². The molecule has 0 saturated heterocycles. The number of amides is 3. The van der Waals surface area contributed by atoms with Gasteiger partial charge in [0.15, 0.2) is 0 Å². The maximum absolute atomic E-state index is 13.9. The molecule has 3 N–H and O–H groups in total. The number of benzene rings is 4. The summed E-state index contributed by atoms with van der Waals surface area (Å²) in [5, 5.41) is 8.35. The van der Waals surface area contributed by atoms with E-state index in [1.165, 1.54) is 0 Å². The highest BCUT2D eigenvalue weighted by Gasteiger charge is 2.32. The quantitative estimate of drug-likeness (QED) is 0.0395. The fraction of sp³-hybridized carbons (Fsp3) is 0.349. The normalized spacial score (nSPS) is 13.1. The van der Waals surface area contributed by atoms with Gasteiger partial charge in [-0.2, -0.15) is 0 Å². The molecule has 0 unspecified atom stereocenters.